The quantitative estimate of drug-likeness (QED) is 0.719. The monoisotopic (exact) mass is 278 g/mol. The molecule has 2 aromatic rings. The predicted molar refractivity (Wildman–Crippen MR) is 89.4 cm³/mol. The standard InChI is InChI=1S/C20H22O/c1-3-4-10-19-18(16-8-6-5-7-9-16)14-17-12-11-15(2)13-20(17)21-19/h5-9,11-14,19H,3-4,10H2,1-2H3. The largest absolute Gasteiger partial charge is 0.485 e. The molecule has 1 aliphatic rings. The van der Waals surface area contributed by atoms with E-state index >= 15 is 0 Å². The summed E-state index contributed by atoms with van der Waals surface area (Å²) in [5.41, 5.74) is 5.01. The Kier molecular flexibility index (Phi) is 4.10. The molecule has 0 bridgehead atoms. The fourth-order valence-electron chi connectivity index (χ4n) is 2.84. The van der Waals surface area contributed by atoms with Gasteiger partial charge < -0.3 is 4.74 Å². The van der Waals surface area contributed by atoms with E-state index in [-0.39, 0.29) is 6.10 Å². The molecule has 0 saturated heterocycles. The van der Waals surface area contributed by atoms with Gasteiger partial charge in [-0.05, 0) is 43.0 Å². The first kappa shape index (κ1) is 13.9. The summed E-state index contributed by atoms with van der Waals surface area (Å²) >= 11 is 0. The van der Waals surface area contributed by atoms with E-state index < -0.39 is 0 Å². The molecule has 0 spiro atoms. The Balaban J connectivity index is 2.01. The number of hydrogen-bond donors (Lipinski definition) is 0. The van der Waals surface area contributed by atoms with Crippen LogP contribution in [0.2, 0.25) is 0 Å². The van der Waals surface area contributed by atoms with E-state index in [1.807, 2.05) is 0 Å². The average Bonchev–Trinajstić information content (AvgIpc) is 2.52. The van der Waals surface area contributed by atoms with Crippen LogP contribution >= 0.6 is 0 Å². The third kappa shape index (κ3) is 3.02. The van der Waals surface area contributed by atoms with Gasteiger partial charge in [-0.3, -0.25) is 0 Å². The highest BCUT2D eigenvalue weighted by atomic mass is 16.5. The molecule has 21 heavy (non-hydrogen) atoms. The third-order valence-electron chi connectivity index (χ3n) is 4.02. The molecule has 1 heterocycles. The van der Waals surface area contributed by atoms with Gasteiger partial charge >= 0.3 is 0 Å². The third-order valence-corrected chi connectivity index (χ3v) is 4.02. The molecule has 0 aliphatic carbocycles. The summed E-state index contributed by atoms with van der Waals surface area (Å²) in [6, 6.07) is 17.0. The minimum absolute atomic E-state index is 0.168. The summed E-state index contributed by atoms with van der Waals surface area (Å²) < 4.78 is 6.31. The molecule has 108 valence electrons. The first-order chi connectivity index (χ1) is 10.3. The van der Waals surface area contributed by atoms with E-state index in [1.54, 1.807) is 0 Å². The Morgan fingerprint density at radius 2 is 1.86 bits per heavy atom. The van der Waals surface area contributed by atoms with Crippen molar-refractivity contribution in [1.29, 1.82) is 0 Å². The van der Waals surface area contributed by atoms with Crippen molar-refractivity contribution in [2.45, 2.75) is 39.2 Å². The molecule has 2 aromatic carbocycles. The van der Waals surface area contributed by atoms with Crippen molar-refractivity contribution in [1.82, 2.24) is 0 Å². The number of fused-ring (bicyclic) bond motifs is 1. The summed E-state index contributed by atoms with van der Waals surface area (Å²) in [5.74, 6) is 1.02. The van der Waals surface area contributed by atoms with E-state index in [4.69, 9.17) is 4.74 Å². The number of unbranched alkanes of at least 4 members (excludes halogenated alkanes) is 1. The van der Waals surface area contributed by atoms with Crippen molar-refractivity contribution in [2.24, 2.45) is 0 Å². The Hall–Kier alpha value is -2.02. The highest BCUT2D eigenvalue weighted by Gasteiger charge is 2.23. The summed E-state index contributed by atoms with van der Waals surface area (Å²) in [5, 5.41) is 0. The highest BCUT2D eigenvalue weighted by molar-refractivity contribution is 5.87. The number of hydrogen-bond acceptors (Lipinski definition) is 1. The SMILES string of the molecule is CCCCC1Oc2cc(C)ccc2C=C1c1ccccc1. The predicted octanol–water partition coefficient (Wildman–Crippen LogP) is 5.49. The molecule has 0 saturated carbocycles. The first-order valence-corrected chi connectivity index (χ1v) is 7.82. The molecule has 0 fully saturated rings. The number of aryl methyl sites for hydroxylation is 1. The second-order valence-electron chi connectivity index (χ2n) is 5.76. The van der Waals surface area contributed by atoms with Crippen LogP contribution in [0.5, 0.6) is 5.75 Å². The zero-order valence-electron chi connectivity index (χ0n) is 12.8. The summed E-state index contributed by atoms with van der Waals surface area (Å²) in [7, 11) is 0. The Morgan fingerprint density at radius 1 is 1.05 bits per heavy atom. The molecule has 1 atom stereocenters. The van der Waals surface area contributed by atoms with E-state index in [0.29, 0.717) is 0 Å². The number of benzene rings is 2. The summed E-state index contributed by atoms with van der Waals surface area (Å²) in [6.07, 6.45) is 5.93. The van der Waals surface area contributed by atoms with Crippen LogP contribution in [0.4, 0.5) is 0 Å². The lowest BCUT2D eigenvalue weighted by atomic mass is 9.92. The zero-order valence-corrected chi connectivity index (χ0v) is 12.8. The van der Waals surface area contributed by atoms with Gasteiger partial charge in [-0.25, -0.2) is 0 Å². The van der Waals surface area contributed by atoms with Crippen LogP contribution in [-0.2, 0) is 0 Å². The van der Waals surface area contributed by atoms with Crippen molar-refractivity contribution in [2.75, 3.05) is 0 Å². The van der Waals surface area contributed by atoms with Crippen LogP contribution in [0.1, 0.15) is 42.9 Å². The topological polar surface area (TPSA) is 9.23 Å². The van der Waals surface area contributed by atoms with Gasteiger partial charge in [-0.15, -0.1) is 0 Å². The van der Waals surface area contributed by atoms with Crippen molar-refractivity contribution in [3.05, 3.63) is 65.2 Å². The fourth-order valence-corrected chi connectivity index (χ4v) is 2.84. The van der Waals surface area contributed by atoms with Crippen LogP contribution in [0.25, 0.3) is 11.6 Å². The maximum absolute atomic E-state index is 6.31. The normalized spacial score (nSPS) is 16.9. The van der Waals surface area contributed by atoms with Gasteiger partial charge in [-0.2, -0.15) is 0 Å². The van der Waals surface area contributed by atoms with Crippen LogP contribution < -0.4 is 4.74 Å². The Morgan fingerprint density at radius 3 is 2.62 bits per heavy atom. The maximum atomic E-state index is 6.31. The molecule has 0 N–H and O–H groups in total. The lowest BCUT2D eigenvalue weighted by molar-refractivity contribution is 0.240. The van der Waals surface area contributed by atoms with Crippen molar-refractivity contribution < 1.29 is 4.74 Å². The number of rotatable bonds is 4. The second-order valence-corrected chi connectivity index (χ2v) is 5.76. The molecular formula is C20H22O. The molecule has 0 radical (unpaired) electrons. The molecule has 3 rings (SSSR count). The minimum Gasteiger partial charge on any atom is -0.485 e. The van der Waals surface area contributed by atoms with Gasteiger partial charge in [-0.1, -0.05) is 55.8 Å². The first-order valence-electron chi connectivity index (χ1n) is 7.82. The van der Waals surface area contributed by atoms with E-state index in [2.05, 4.69) is 68.5 Å². The zero-order chi connectivity index (χ0) is 14.7. The van der Waals surface area contributed by atoms with E-state index in [0.717, 1.165) is 12.2 Å². The highest BCUT2D eigenvalue weighted by Crippen LogP contribution is 2.36. The fraction of sp³-hybridized carbons (Fsp3) is 0.300. The molecule has 0 amide bonds. The van der Waals surface area contributed by atoms with Gasteiger partial charge in [0.05, 0.1) is 0 Å². The van der Waals surface area contributed by atoms with Crippen molar-refractivity contribution >= 4 is 11.6 Å². The van der Waals surface area contributed by atoms with Gasteiger partial charge in [0.25, 0.3) is 0 Å². The minimum atomic E-state index is 0.168. The van der Waals surface area contributed by atoms with Crippen LogP contribution in [0, 0.1) is 6.92 Å². The molecule has 1 aliphatic heterocycles. The van der Waals surface area contributed by atoms with Crippen LogP contribution in [0.3, 0.4) is 0 Å². The van der Waals surface area contributed by atoms with Gasteiger partial charge in [0.2, 0.25) is 0 Å². The smallest absolute Gasteiger partial charge is 0.127 e. The van der Waals surface area contributed by atoms with Crippen LogP contribution in [-0.4, -0.2) is 6.10 Å². The summed E-state index contributed by atoms with van der Waals surface area (Å²) in [4.78, 5) is 0. The lowest BCUT2D eigenvalue weighted by Crippen LogP contribution is -2.22. The molecular weight excluding hydrogens is 256 g/mol. The Bertz CT molecular complexity index is 640. The maximum Gasteiger partial charge on any atom is 0.127 e. The second kappa shape index (κ2) is 6.17. The van der Waals surface area contributed by atoms with Gasteiger partial charge in [0.15, 0.2) is 0 Å². The van der Waals surface area contributed by atoms with E-state index in [1.165, 1.54) is 35.1 Å². The van der Waals surface area contributed by atoms with Gasteiger partial charge in [0, 0.05) is 11.1 Å². The van der Waals surface area contributed by atoms with Crippen molar-refractivity contribution in [3.63, 3.8) is 0 Å². The van der Waals surface area contributed by atoms with Gasteiger partial charge in [0.1, 0.15) is 11.9 Å². The molecule has 1 heteroatoms. The number of ether oxygens (including phenoxy) is 1. The van der Waals surface area contributed by atoms with Crippen LogP contribution in [0.15, 0.2) is 48.5 Å². The van der Waals surface area contributed by atoms with Crippen molar-refractivity contribution in [3.8, 4) is 5.75 Å². The Labute approximate surface area is 127 Å². The molecule has 1 unspecified atom stereocenters. The molecule has 0 aromatic heterocycles. The lowest BCUT2D eigenvalue weighted by Gasteiger charge is -2.28. The summed E-state index contributed by atoms with van der Waals surface area (Å²) in [6.45, 7) is 4.34. The average molecular weight is 278 g/mol. The molecule has 1 nitrogen and oxygen atoms in total. The van der Waals surface area contributed by atoms with E-state index in [9.17, 15) is 0 Å².